The van der Waals surface area contributed by atoms with Gasteiger partial charge in [-0.2, -0.15) is 0 Å². The van der Waals surface area contributed by atoms with Gasteiger partial charge < -0.3 is 20.9 Å². The summed E-state index contributed by atoms with van der Waals surface area (Å²) in [5, 5.41) is 0. The molecule has 0 saturated heterocycles. The number of ether oxygens (including phenoxy) is 2. The average Bonchev–Trinajstić information content (AvgIpc) is 3.42. The molecule has 436 valence electrons. The van der Waals surface area contributed by atoms with Crippen LogP contribution in [-0.2, 0) is 0 Å². The molecule has 0 radical (unpaired) electrons. The van der Waals surface area contributed by atoms with E-state index in [9.17, 15) is 19.2 Å². The first-order valence-corrected chi connectivity index (χ1v) is 25.6. The number of benzene rings is 4. The molecule has 0 aliphatic carbocycles. The molecule has 12 heteroatoms. The Morgan fingerprint density at radius 2 is 0.683 bits per heavy atom. The van der Waals surface area contributed by atoms with E-state index in [-0.39, 0.29) is 69.1 Å². The summed E-state index contributed by atoms with van der Waals surface area (Å²) < 4.78 is 10.3. The average molecular weight is 1110 g/mol. The van der Waals surface area contributed by atoms with Gasteiger partial charge in [-0.1, -0.05) is 186 Å². The second-order valence-corrected chi connectivity index (χ2v) is 22.7. The molecule has 0 saturated carbocycles. The molecule has 82 heavy (non-hydrogen) atoms. The van der Waals surface area contributed by atoms with Crippen molar-refractivity contribution in [2.24, 2.45) is 21.7 Å². The first-order valence-electron chi connectivity index (χ1n) is 25.6. The summed E-state index contributed by atoms with van der Waals surface area (Å²) in [5.74, 6) is 1.97. The van der Waals surface area contributed by atoms with Gasteiger partial charge in [0.2, 0.25) is 0 Å². The molecule has 0 aliphatic heterocycles. The number of carbonyl (C=O) groups is 4. The van der Waals surface area contributed by atoms with E-state index in [0.717, 1.165) is 67.6 Å². The van der Waals surface area contributed by atoms with Gasteiger partial charge in [0.05, 0.1) is 37.0 Å². The largest absolute Gasteiger partial charge is 0.497 e. The van der Waals surface area contributed by atoms with Gasteiger partial charge in [-0.05, 0) is 71.8 Å². The van der Waals surface area contributed by atoms with Gasteiger partial charge in [0.15, 0.2) is 23.1 Å². The predicted molar refractivity (Wildman–Crippen MR) is 343 cm³/mol. The van der Waals surface area contributed by atoms with Crippen LogP contribution in [0.4, 0.5) is 11.4 Å². The lowest BCUT2D eigenvalue weighted by Gasteiger charge is -2.16. The van der Waals surface area contributed by atoms with E-state index in [1.54, 1.807) is 63.3 Å². The van der Waals surface area contributed by atoms with Crippen LogP contribution < -0.4 is 20.9 Å². The highest BCUT2D eigenvalue weighted by Gasteiger charge is 2.26. The van der Waals surface area contributed by atoms with Crippen molar-refractivity contribution in [3.05, 3.63) is 193 Å². The number of carbonyl (C=O) groups excluding carboxylic acids is 4. The van der Waals surface area contributed by atoms with Crippen molar-refractivity contribution >= 4 is 34.5 Å². The lowest BCUT2D eigenvalue weighted by atomic mass is 9.86. The maximum atomic E-state index is 12.2. The zero-order valence-electron chi connectivity index (χ0n) is 47.6. The van der Waals surface area contributed by atoms with E-state index in [1.807, 2.05) is 204 Å². The smallest absolute Gasteiger partial charge is 0.169 e. The highest BCUT2D eigenvalue weighted by molar-refractivity contribution is 6.01. The van der Waals surface area contributed by atoms with Crippen LogP contribution in [0.25, 0.3) is 45.0 Å². The number of ketones is 4. The van der Waals surface area contributed by atoms with Crippen LogP contribution in [0.5, 0.6) is 11.5 Å². The number of rotatable bonds is 10. The molecule has 0 amide bonds. The fourth-order valence-electron chi connectivity index (χ4n) is 7.51. The summed E-state index contributed by atoms with van der Waals surface area (Å²) in [6.45, 7) is 23.0. The van der Waals surface area contributed by atoms with Crippen molar-refractivity contribution in [3.8, 4) is 56.5 Å². The third-order valence-electron chi connectivity index (χ3n) is 12.0. The molecular formula is C70H90N6O6. The number of Topliss-reactive ketones (excluding diaryl/α,β-unsaturated/α-hetero) is 4. The third kappa shape index (κ3) is 20.5. The molecule has 8 aromatic rings. The van der Waals surface area contributed by atoms with Gasteiger partial charge in [-0.3, -0.25) is 39.1 Å². The molecule has 0 aliphatic rings. The second-order valence-electron chi connectivity index (χ2n) is 22.7. The fraction of sp³-hybridized carbons (Fsp3) is 0.314. The van der Waals surface area contributed by atoms with Crippen molar-refractivity contribution < 1.29 is 28.7 Å². The molecule has 12 nitrogen and oxygen atoms in total. The summed E-state index contributed by atoms with van der Waals surface area (Å²) in [6.07, 6.45) is 6.61. The standard InChI is InChI=1S/C17H19NO2.C17H19NO.C16H18N2O2.C16H18N2O.4CH4/c1-17(2,3)16(19)13-7-5-12(6-8-13)15-11-14(20-4)9-10-18-15;1-17(2,3)16(19)13-9-7-12(8-10-13)14-5-4-6-15(18)11-14;1-16(2,3)15(19)11-5-6-13(18-10-11)14-9-12(20-4)7-8-17-14;1-16(2,3)15(19)12-7-8-14(18-10-12)11-5-4-6-13(17)9-11;;;;/h5-11H,1-4H3;4-11H,18H2,1-3H3;5-10H,1-4H3;4-10H,17H2,1-3H3;4*1H4. The van der Waals surface area contributed by atoms with Gasteiger partial charge in [0, 0.05) is 103 Å². The first-order chi connectivity index (χ1) is 36.6. The molecule has 0 unspecified atom stereocenters. The number of aromatic nitrogens is 4. The zero-order chi connectivity index (χ0) is 57.6. The molecular weight excluding hydrogens is 1020 g/mol. The summed E-state index contributed by atoms with van der Waals surface area (Å²) in [7, 11) is 3.24. The normalized spacial score (nSPS) is 10.7. The number of nitrogens with two attached hydrogens (primary N) is 2. The predicted octanol–water partition coefficient (Wildman–Crippen LogP) is 17.6. The maximum absolute atomic E-state index is 12.2. The lowest BCUT2D eigenvalue weighted by molar-refractivity contribution is 0.0852. The van der Waals surface area contributed by atoms with Crippen LogP contribution in [0.3, 0.4) is 0 Å². The van der Waals surface area contributed by atoms with Crippen molar-refractivity contribution in [1.29, 1.82) is 0 Å². The van der Waals surface area contributed by atoms with Gasteiger partial charge in [0.1, 0.15) is 11.5 Å². The van der Waals surface area contributed by atoms with Crippen molar-refractivity contribution in [1.82, 2.24) is 19.9 Å². The zero-order valence-corrected chi connectivity index (χ0v) is 47.6. The first kappa shape index (κ1) is 71.4. The number of anilines is 2. The van der Waals surface area contributed by atoms with Crippen molar-refractivity contribution in [3.63, 3.8) is 0 Å². The van der Waals surface area contributed by atoms with Crippen LogP contribution in [-0.4, -0.2) is 57.3 Å². The monoisotopic (exact) mass is 1110 g/mol. The second kappa shape index (κ2) is 30.8. The third-order valence-corrected chi connectivity index (χ3v) is 12.0. The molecule has 0 atom stereocenters. The number of methoxy groups -OCH3 is 2. The van der Waals surface area contributed by atoms with E-state index in [4.69, 9.17) is 20.9 Å². The number of pyridine rings is 4. The Morgan fingerprint density at radius 1 is 0.341 bits per heavy atom. The highest BCUT2D eigenvalue weighted by Crippen LogP contribution is 2.29. The molecule has 8 rings (SSSR count). The molecule has 0 bridgehead atoms. The van der Waals surface area contributed by atoms with E-state index < -0.39 is 5.41 Å². The van der Waals surface area contributed by atoms with E-state index in [2.05, 4.69) is 19.9 Å². The van der Waals surface area contributed by atoms with E-state index in [0.29, 0.717) is 22.5 Å². The summed E-state index contributed by atoms with van der Waals surface area (Å²) >= 11 is 0. The van der Waals surface area contributed by atoms with Crippen LogP contribution in [0.15, 0.2) is 170 Å². The summed E-state index contributed by atoms with van der Waals surface area (Å²) in [4.78, 5) is 65.8. The molecule has 0 fully saturated rings. The topological polar surface area (TPSA) is 190 Å². The Bertz CT molecular complexity index is 3080. The Kier molecular flexibility index (Phi) is 26.8. The number of hydrogen-bond donors (Lipinski definition) is 2. The molecule has 4 aromatic carbocycles. The highest BCUT2D eigenvalue weighted by atomic mass is 16.5. The molecule has 0 spiro atoms. The quantitative estimate of drug-likeness (QED) is 0.0975. The lowest BCUT2D eigenvalue weighted by Crippen LogP contribution is -2.20. The van der Waals surface area contributed by atoms with E-state index >= 15 is 0 Å². The molecule has 4 N–H and O–H groups in total. The van der Waals surface area contributed by atoms with Crippen molar-refractivity contribution in [2.45, 2.75) is 113 Å². The number of hydrogen-bond acceptors (Lipinski definition) is 12. The van der Waals surface area contributed by atoms with Crippen LogP contribution >= 0.6 is 0 Å². The molecule has 4 aromatic heterocycles. The van der Waals surface area contributed by atoms with Gasteiger partial charge in [-0.25, -0.2) is 0 Å². The van der Waals surface area contributed by atoms with Gasteiger partial charge in [0.25, 0.3) is 0 Å². The number of nitrogen functional groups attached to an aromatic ring is 2. The minimum absolute atomic E-state index is 0. The number of nitrogens with zero attached hydrogens (tertiary/aromatic N) is 4. The van der Waals surface area contributed by atoms with Crippen LogP contribution in [0.2, 0.25) is 0 Å². The Balaban J connectivity index is 0.000000538. The van der Waals surface area contributed by atoms with Gasteiger partial charge in [-0.15, -0.1) is 0 Å². The Hall–Kier alpha value is -8.64. The Labute approximate surface area is 490 Å². The van der Waals surface area contributed by atoms with Crippen molar-refractivity contribution in [2.75, 3.05) is 25.7 Å². The summed E-state index contributed by atoms with van der Waals surface area (Å²) in [5.41, 5.74) is 21.3. The minimum atomic E-state index is -0.405. The van der Waals surface area contributed by atoms with Crippen LogP contribution in [0, 0.1) is 21.7 Å². The van der Waals surface area contributed by atoms with E-state index in [1.165, 1.54) is 0 Å². The summed E-state index contributed by atoms with van der Waals surface area (Å²) in [6, 6.07) is 45.0. The maximum Gasteiger partial charge on any atom is 0.169 e. The molecule has 4 heterocycles. The fourth-order valence-corrected chi connectivity index (χ4v) is 7.51. The Morgan fingerprint density at radius 3 is 1.06 bits per heavy atom. The van der Waals surface area contributed by atoms with Gasteiger partial charge >= 0.3 is 0 Å². The SMILES string of the molecule is C.C.C.C.CC(C)(C)C(=O)c1ccc(-c2cccc(N)c2)cc1.CC(C)(C)C(=O)c1ccc(-c2cccc(N)c2)nc1.COc1ccnc(-c2ccc(C(=O)C(C)(C)C)cc2)c1.COc1ccnc(-c2ccc(C(=O)C(C)(C)C)cn2)c1. The minimum Gasteiger partial charge on any atom is -0.497 e. The van der Waals surface area contributed by atoms with Crippen LogP contribution in [0.1, 0.15) is 154 Å².